The Bertz CT molecular complexity index is 739. The first-order chi connectivity index (χ1) is 11.6. The number of nitrogens with two attached hydrogens (primary N) is 1. The molecule has 6 heteroatoms. The van der Waals surface area contributed by atoms with Crippen LogP contribution in [0.4, 0.5) is 4.79 Å². The Morgan fingerprint density at radius 3 is 2.71 bits per heavy atom. The van der Waals surface area contributed by atoms with Crippen molar-refractivity contribution in [3.05, 3.63) is 59.0 Å². The van der Waals surface area contributed by atoms with Crippen molar-refractivity contribution in [1.82, 2.24) is 10.6 Å². The number of carbonyl (C=O) groups is 2. The van der Waals surface area contributed by atoms with Crippen molar-refractivity contribution in [1.29, 1.82) is 0 Å². The molecule has 1 atom stereocenters. The van der Waals surface area contributed by atoms with Gasteiger partial charge in [-0.05, 0) is 48.9 Å². The summed E-state index contributed by atoms with van der Waals surface area (Å²) in [4.78, 5) is 23.1. The van der Waals surface area contributed by atoms with E-state index in [2.05, 4.69) is 28.8 Å². The van der Waals surface area contributed by atoms with Gasteiger partial charge in [0, 0.05) is 6.04 Å². The average Bonchev–Trinajstić information content (AvgIpc) is 2.95. The summed E-state index contributed by atoms with van der Waals surface area (Å²) in [6.07, 6.45) is 3.91. The normalized spacial score (nSPS) is 16.8. The number of hydrogen-bond acceptors (Lipinski definition) is 3. The topological polar surface area (TPSA) is 97.4 Å². The predicted molar refractivity (Wildman–Crippen MR) is 89.5 cm³/mol. The van der Waals surface area contributed by atoms with Crippen molar-refractivity contribution < 1.29 is 14.0 Å². The number of urea groups is 1. The van der Waals surface area contributed by atoms with Crippen LogP contribution in [0.25, 0.3) is 0 Å². The lowest BCUT2D eigenvalue weighted by Gasteiger charge is -2.17. The number of hydrogen-bond donors (Lipinski definition) is 3. The molecule has 6 nitrogen and oxygen atoms in total. The maximum absolute atomic E-state index is 12.1. The number of rotatable bonds is 4. The zero-order valence-electron chi connectivity index (χ0n) is 13.4. The van der Waals surface area contributed by atoms with Crippen LogP contribution in [0.3, 0.4) is 0 Å². The van der Waals surface area contributed by atoms with E-state index >= 15 is 0 Å². The van der Waals surface area contributed by atoms with Gasteiger partial charge in [-0.25, -0.2) is 4.79 Å². The van der Waals surface area contributed by atoms with E-state index in [4.69, 9.17) is 10.2 Å². The molecule has 0 fully saturated rings. The monoisotopic (exact) mass is 327 g/mol. The summed E-state index contributed by atoms with van der Waals surface area (Å²) in [6, 6.07) is 11.4. The molecule has 0 saturated heterocycles. The number of primary amides is 1. The van der Waals surface area contributed by atoms with Gasteiger partial charge in [-0.3, -0.25) is 4.79 Å². The van der Waals surface area contributed by atoms with Crippen LogP contribution < -0.4 is 16.4 Å². The highest BCUT2D eigenvalue weighted by Crippen LogP contribution is 2.20. The lowest BCUT2D eigenvalue weighted by atomic mass is 10.0. The molecule has 4 N–H and O–H groups in total. The van der Waals surface area contributed by atoms with Gasteiger partial charge >= 0.3 is 6.03 Å². The summed E-state index contributed by atoms with van der Waals surface area (Å²) in [5, 5.41) is 5.76. The fourth-order valence-corrected chi connectivity index (χ4v) is 3.04. The smallest absolute Gasteiger partial charge is 0.315 e. The van der Waals surface area contributed by atoms with Crippen LogP contribution in [0.2, 0.25) is 0 Å². The molecule has 1 unspecified atom stereocenters. The van der Waals surface area contributed by atoms with Gasteiger partial charge in [-0.1, -0.05) is 24.3 Å². The van der Waals surface area contributed by atoms with E-state index in [1.54, 1.807) is 6.07 Å². The first kappa shape index (κ1) is 16.1. The summed E-state index contributed by atoms with van der Waals surface area (Å²) >= 11 is 0. The highest BCUT2D eigenvalue weighted by Gasteiger charge is 2.18. The van der Waals surface area contributed by atoms with Crippen molar-refractivity contribution in [2.24, 2.45) is 5.73 Å². The zero-order chi connectivity index (χ0) is 16.9. The maximum atomic E-state index is 12.1. The van der Waals surface area contributed by atoms with Crippen molar-refractivity contribution in [2.45, 2.75) is 38.3 Å². The molecule has 1 aromatic carbocycles. The van der Waals surface area contributed by atoms with Gasteiger partial charge < -0.3 is 20.8 Å². The number of amides is 3. The number of aryl methyl sites for hydroxylation is 1. The molecule has 24 heavy (non-hydrogen) atoms. The standard InChI is InChI=1S/C18H21N3O3/c19-17(22)16-9-8-15(24-16)11-20-18(23)21-14-7-3-6-12-4-1-2-5-13(12)10-14/h1-2,4-5,8-9,14H,3,6-7,10-11H2,(H2,19,22)(H2,20,21,23). The second kappa shape index (κ2) is 7.21. The summed E-state index contributed by atoms with van der Waals surface area (Å²) in [5.74, 6) is -0.0411. The third-order valence-electron chi connectivity index (χ3n) is 4.25. The van der Waals surface area contributed by atoms with Crippen LogP contribution in [-0.2, 0) is 19.4 Å². The van der Waals surface area contributed by atoms with Gasteiger partial charge in [-0.2, -0.15) is 0 Å². The van der Waals surface area contributed by atoms with Gasteiger partial charge in [0.25, 0.3) is 5.91 Å². The summed E-state index contributed by atoms with van der Waals surface area (Å²) in [5.41, 5.74) is 7.80. The van der Waals surface area contributed by atoms with Crippen molar-refractivity contribution in [3.8, 4) is 0 Å². The van der Waals surface area contributed by atoms with Crippen LogP contribution >= 0.6 is 0 Å². The second-order valence-corrected chi connectivity index (χ2v) is 6.02. The molecule has 3 amide bonds. The van der Waals surface area contributed by atoms with Crippen LogP contribution in [0.1, 0.15) is 40.3 Å². The van der Waals surface area contributed by atoms with E-state index in [1.165, 1.54) is 17.2 Å². The molecular formula is C18H21N3O3. The number of nitrogens with one attached hydrogen (secondary N) is 2. The Balaban J connectivity index is 1.52. The summed E-state index contributed by atoms with van der Waals surface area (Å²) < 4.78 is 5.23. The van der Waals surface area contributed by atoms with Crippen molar-refractivity contribution in [2.75, 3.05) is 0 Å². The highest BCUT2D eigenvalue weighted by molar-refractivity contribution is 5.89. The van der Waals surface area contributed by atoms with E-state index in [0.717, 1.165) is 25.7 Å². The lowest BCUT2D eigenvalue weighted by Crippen LogP contribution is -2.42. The van der Waals surface area contributed by atoms with Crippen LogP contribution in [0, 0.1) is 0 Å². The van der Waals surface area contributed by atoms with Gasteiger partial charge in [-0.15, -0.1) is 0 Å². The molecule has 0 aliphatic heterocycles. The molecule has 0 bridgehead atoms. The Hall–Kier alpha value is -2.76. The first-order valence-corrected chi connectivity index (χ1v) is 8.11. The molecule has 1 aliphatic rings. The Morgan fingerprint density at radius 1 is 1.17 bits per heavy atom. The minimum Gasteiger partial charge on any atom is -0.454 e. The van der Waals surface area contributed by atoms with Gasteiger partial charge in [0.15, 0.2) is 5.76 Å². The highest BCUT2D eigenvalue weighted by atomic mass is 16.4. The van der Waals surface area contributed by atoms with Crippen LogP contribution in [0.15, 0.2) is 40.8 Å². The molecule has 1 aromatic heterocycles. The molecule has 3 rings (SSSR count). The number of carbonyl (C=O) groups excluding carboxylic acids is 2. The minimum atomic E-state index is -0.622. The molecule has 1 heterocycles. The third kappa shape index (κ3) is 3.95. The van der Waals surface area contributed by atoms with E-state index < -0.39 is 5.91 Å². The fourth-order valence-electron chi connectivity index (χ4n) is 3.04. The fraction of sp³-hybridized carbons (Fsp3) is 0.333. The predicted octanol–water partition coefficient (Wildman–Crippen LogP) is 2.13. The first-order valence-electron chi connectivity index (χ1n) is 8.11. The summed E-state index contributed by atoms with van der Waals surface area (Å²) in [7, 11) is 0. The number of benzene rings is 1. The molecule has 126 valence electrons. The molecule has 0 spiro atoms. The largest absolute Gasteiger partial charge is 0.454 e. The van der Waals surface area contributed by atoms with E-state index in [1.807, 2.05) is 6.07 Å². The molecule has 2 aromatic rings. The number of furan rings is 1. The molecule has 1 aliphatic carbocycles. The quantitative estimate of drug-likeness (QED) is 0.750. The van der Waals surface area contributed by atoms with E-state index in [-0.39, 0.29) is 24.4 Å². The van der Waals surface area contributed by atoms with E-state index in [0.29, 0.717) is 5.76 Å². The lowest BCUT2D eigenvalue weighted by molar-refractivity contribution is 0.0972. The molecular weight excluding hydrogens is 306 g/mol. The molecule has 0 saturated carbocycles. The van der Waals surface area contributed by atoms with Crippen molar-refractivity contribution >= 4 is 11.9 Å². The average molecular weight is 327 g/mol. The van der Waals surface area contributed by atoms with Crippen molar-refractivity contribution in [3.63, 3.8) is 0 Å². The van der Waals surface area contributed by atoms with Crippen LogP contribution in [-0.4, -0.2) is 18.0 Å². The third-order valence-corrected chi connectivity index (χ3v) is 4.25. The number of fused-ring (bicyclic) bond motifs is 1. The minimum absolute atomic E-state index is 0.0904. The Labute approximate surface area is 140 Å². The maximum Gasteiger partial charge on any atom is 0.315 e. The van der Waals surface area contributed by atoms with Gasteiger partial charge in [0.1, 0.15) is 5.76 Å². The Morgan fingerprint density at radius 2 is 1.96 bits per heavy atom. The Kier molecular flexibility index (Phi) is 4.84. The zero-order valence-corrected chi connectivity index (χ0v) is 13.4. The SMILES string of the molecule is NC(=O)c1ccc(CNC(=O)NC2CCCc3ccccc3C2)o1. The van der Waals surface area contributed by atoms with Gasteiger partial charge in [0.05, 0.1) is 6.54 Å². The summed E-state index contributed by atoms with van der Waals surface area (Å²) in [6.45, 7) is 0.211. The van der Waals surface area contributed by atoms with Crippen LogP contribution in [0.5, 0.6) is 0 Å². The molecule has 0 radical (unpaired) electrons. The van der Waals surface area contributed by atoms with E-state index in [9.17, 15) is 9.59 Å². The second-order valence-electron chi connectivity index (χ2n) is 6.02. The van der Waals surface area contributed by atoms with Gasteiger partial charge in [0.2, 0.25) is 0 Å².